The first-order valence-corrected chi connectivity index (χ1v) is 6.51. The number of urea groups is 1. The lowest BCUT2D eigenvalue weighted by atomic mass is 10.1. The molecule has 2 aromatic carbocycles. The maximum absolute atomic E-state index is 10.6. The molecule has 0 aromatic heterocycles. The van der Waals surface area contributed by atoms with Crippen LogP contribution in [0.3, 0.4) is 0 Å². The number of aryl methyl sites for hydroxylation is 1. The Morgan fingerprint density at radius 3 is 2.71 bits per heavy atom. The second kappa shape index (κ2) is 7.09. The third-order valence-corrected chi connectivity index (χ3v) is 2.94. The van der Waals surface area contributed by atoms with Crippen molar-refractivity contribution in [2.45, 2.75) is 13.5 Å². The Labute approximate surface area is 123 Å². The van der Waals surface area contributed by atoms with Gasteiger partial charge in [-0.15, -0.1) is 0 Å². The van der Waals surface area contributed by atoms with Crippen LogP contribution in [0.4, 0.5) is 4.79 Å². The number of amides is 2. The van der Waals surface area contributed by atoms with Crippen molar-refractivity contribution in [1.29, 1.82) is 0 Å². The van der Waals surface area contributed by atoms with E-state index >= 15 is 0 Å². The number of rotatable bonds is 5. The topological polar surface area (TPSA) is 76.7 Å². The van der Waals surface area contributed by atoms with Crippen molar-refractivity contribution in [3.8, 4) is 5.75 Å². The minimum Gasteiger partial charge on any atom is -0.488 e. The SMILES string of the molecule is Cc1ccccc1COc1ccccc1C=NNC(N)=O. The number of carbonyl (C=O) groups excluding carboxylic acids is 1. The normalized spacial score (nSPS) is 10.5. The molecule has 0 saturated heterocycles. The van der Waals surface area contributed by atoms with Crippen LogP contribution in [0.5, 0.6) is 5.75 Å². The van der Waals surface area contributed by atoms with Crippen LogP contribution in [-0.2, 0) is 6.61 Å². The lowest BCUT2D eigenvalue weighted by molar-refractivity contribution is 0.249. The van der Waals surface area contributed by atoms with Crippen LogP contribution in [0.25, 0.3) is 0 Å². The summed E-state index contributed by atoms with van der Waals surface area (Å²) in [6, 6.07) is 14.8. The molecule has 2 aromatic rings. The summed E-state index contributed by atoms with van der Waals surface area (Å²) in [7, 11) is 0. The second-order valence-corrected chi connectivity index (χ2v) is 4.49. The highest BCUT2D eigenvalue weighted by Crippen LogP contribution is 2.18. The van der Waals surface area contributed by atoms with Gasteiger partial charge in [-0.25, -0.2) is 10.2 Å². The number of ether oxygens (including phenoxy) is 1. The number of nitrogens with zero attached hydrogens (tertiary/aromatic N) is 1. The van der Waals surface area contributed by atoms with Crippen molar-refractivity contribution < 1.29 is 9.53 Å². The van der Waals surface area contributed by atoms with Crippen molar-refractivity contribution in [3.63, 3.8) is 0 Å². The average molecular weight is 283 g/mol. The summed E-state index contributed by atoms with van der Waals surface area (Å²) in [5, 5.41) is 3.74. The summed E-state index contributed by atoms with van der Waals surface area (Å²) in [5.41, 5.74) is 10.2. The van der Waals surface area contributed by atoms with Crippen LogP contribution in [0.2, 0.25) is 0 Å². The molecule has 0 radical (unpaired) electrons. The largest absolute Gasteiger partial charge is 0.488 e. The van der Waals surface area contributed by atoms with Crippen molar-refractivity contribution >= 4 is 12.2 Å². The molecule has 0 heterocycles. The third kappa shape index (κ3) is 4.35. The van der Waals surface area contributed by atoms with E-state index in [2.05, 4.69) is 10.5 Å². The minimum absolute atomic E-state index is 0.473. The van der Waals surface area contributed by atoms with E-state index in [1.165, 1.54) is 11.8 Å². The van der Waals surface area contributed by atoms with Crippen LogP contribution >= 0.6 is 0 Å². The summed E-state index contributed by atoms with van der Waals surface area (Å²) in [6.07, 6.45) is 1.50. The fourth-order valence-corrected chi connectivity index (χ4v) is 1.81. The van der Waals surface area contributed by atoms with Gasteiger partial charge in [0.2, 0.25) is 0 Å². The Hall–Kier alpha value is -2.82. The Morgan fingerprint density at radius 2 is 1.95 bits per heavy atom. The van der Waals surface area contributed by atoms with Crippen LogP contribution in [-0.4, -0.2) is 12.2 Å². The van der Waals surface area contributed by atoms with Gasteiger partial charge < -0.3 is 10.5 Å². The zero-order valence-corrected chi connectivity index (χ0v) is 11.7. The molecule has 2 rings (SSSR count). The predicted molar refractivity (Wildman–Crippen MR) is 82.3 cm³/mol. The maximum Gasteiger partial charge on any atom is 0.332 e. The van der Waals surface area contributed by atoms with Crippen molar-refractivity contribution in [2.75, 3.05) is 0 Å². The summed E-state index contributed by atoms with van der Waals surface area (Å²) < 4.78 is 5.83. The van der Waals surface area contributed by atoms with Crippen molar-refractivity contribution in [1.82, 2.24) is 5.43 Å². The first-order valence-electron chi connectivity index (χ1n) is 6.51. The average Bonchev–Trinajstić information content (AvgIpc) is 2.47. The van der Waals surface area contributed by atoms with Gasteiger partial charge in [0, 0.05) is 5.56 Å². The van der Waals surface area contributed by atoms with Gasteiger partial charge in [-0.2, -0.15) is 5.10 Å². The number of nitrogens with two attached hydrogens (primary N) is 1. The Morgan fingerprint density at radius 1 is 1.24 bits per heavy atom. The zero-order chi connectivity index (χ0) is 15.1. The van der Waals surface area contributed by atoms with E-state index in [-0.39, 0.29) is 0 Å². The summed E-state index contributed by atoms with van der Waals surface area (Å²) in [6.45, 7) is 2.52. The van der Waals surface area contributed by atoms with E-state index in [0.717, 1.165) is 11.1 Å². The number of hydrazone groups is 1. The number of primary amides is 1. The smallest absolute Gasteiger partial charge is 0.332 e. The molecule has 3 N–H and O–H groups in total. The van der Waals surface area contributed by atoms with Gasteiger partial charge in [0.05, 0.1) is 6.21 Å². The number of benzene rings is 2. The van der Waals surface area contributed by atoms with E-state index in [9.17, 15) is 4.79 Å². The molecular formula is C16H17N3O2. The van der Waals surface area contributed by atoms with E-state index in [4.69, 9.17) is 10.5 Å². The molecule has 0 aliphatic heterocycles. The van der Waals surface area contributed by atoms with Gasteiger partial charge in [-0.3, -0.25) is 0 Å². The lowest BCUT2D eigenvalue weighted by Crippen LogP contribution is -2.24. The highest BCUT2D eigenvalue weighted by atomic mass is 16.5. The molecule has 0 unspecified atom stereocenters. The Kier molecular flexibility index (Phi) is 4.93. The fraction of sp³-hybridized carbons (Fsp3) is 0.125. The van der Waals surface area contributed by atoms with Crippen molar-refractivity contribution in [3.05, 3.63) is 65.2 Å². The summed E-state index contributed by atoms with van der Waals surface area (Å²) >= 11 is 0. The van der Waals surface area contributed by atoms with E-state index in [0.29, 0.717) is 12.4 Å². The summed E-state index contributed by atoms with van der Waals surface area (Å²) in [4.78, 5) is 10.6. The van der Waals surface area contributed by atoms with Gasteiger partial charge >= 0.3 is 6.03 Å². The highest BCUT2D eigenvalue weighted by Gasteiger charge is 2.03. The number of nitrogens with one attached hydrogen (secondary N) is 1. The Balaban J connectivity index is 2.08. The maximum atomic E-state index is 10.6. The van der Waals surface area contributed by atoms with Crippen molar-refractivity contribution in [2.24, 2.45) is 10.8 Å². The van der Waals surface area contributed by atoms with Gasteiger partial charge in [-0.05, 0) is 30.2 Å². The van der Waals surface area contributed by atoms with Gasteiger partial charge in [0.25, 0.3) is 0 Å². The second-order valence-electron chi connectivity index (χ2n) is 4.49. The molecule has 108 valence electrons. The van der Waals surface area contributed by atoms with Gasteiger partial charge in [0.15, 0.2) is 0 Å². The molecule has 5 nitrogen and oxygen atoms in total. The highest BCUT2D eigenvalue weighted by molar-refractivity contribution is 5.84. The van der Waals surface area contributed by atoms with E-state index in [1.807, 2.05) is 55.5 Å². The fourth-order valence-electron chi connectivity index (χ4n) is 1.81. The third-order valence-electron chi connectivity index (χ3n) is 2.94. The number of carbonyl (C=O) groups is 1. The molecule has 2 amide bonds. The van der Waals surface area contributed by atoms with Crippen LogP contribution in [0.1, 0.15) is 16.7 Å². The molecule has 5 heteroatoms. The monoisotopic (exact) mass is 283 g/mol. The van der Waals surface area contributed by atoms with Crippen LogP contribution < -0.4 is 15.9 Å². The lowest BCUT2D eigenvalue weighted by Gasteiger charge is -2.10. The number of para-hydroxylation sites is 1. The predicted octanol–water partition coefficient (Wildman–Crippen LogP) is 2.58. The number of hydrogen-bond donors (Lipinski definition) is 2. The zero-order valence-electron chi connectivity index (χ0n) is 11.7. The molecule has 0 atom stereocenters. The first-order chi connectivity index (χ1) is 10.2. The molecule has 21 heavy (non-hydrogen) atoms. The number of hydrogen-bond acceptors (Lipinski definition) is 3. The molecule has 0 fully saturated rings. The molecule has 0 aliphatic rings. The standard InChI is InChI=1S/C16H17N3O2/c1-12-6-2-3-8-14(12)11-21-15-9-5-4-7-13(15)10-18-19-16(17)20/h2-10H,11H2,1H3,(H3,17,19,20). The van der Waals surface area contributed by atoms with Gasteiger partial charge in [0.1, 0.15) is 12.4 Å². The van der Waals surface area contributed by atoms with Crippen LogP contribution in [0.15, 0.2) is 53.6 Å². The van der Waals surface area contributed by atoms with Gasteiger partial charge in [-0.1, -0.05) is 36.4 Å². The molecule has 0 aliphatic carbocycles. The molecule has 0 saturated carbocycles. The van der Waals surface area contributed by atoms with E-state index < -0.39 is 6.03 Å². The molecule has 0 bridgehead atoms. The first kappa shape index (κ1) is 14.6. The minimum atomic E-state index is -0.704. The van der Waals surface area contributed by atoms with Crippen LogP contribution in [0, 0.1) is 6.92 Å². The van der Waals surface area contributed by atoms with E-state index in [1.54, 1.807) is 0 Å². The quantitative estimate of drug-likeness (QED) is 0.653. The molecular weight excluding hydrogens is 266 g/mol. The molecule has 0 spiro atoms. The summed E-state index contributed by atoms with van der Waals surface area (Å²) in [5.74, 6) is 0.691. The Bertz CT molecular complexity index is 653.